The molecule has 4 N–H and O–H groups in total. The Kier molecular flexibility index (Phi) is 7.28. The molecular formula is C31H31FN6O3S. The number of amides is 1. The Morgan fingerprint density at radius 2 is 1.93 bits per heavy atom. The molecule has 1 aliphatic heterocycles. The second-order valence-electron chi connectivity index (χ2n) is 10.6. The third kappa shape index (κ3) is 5.52. The number of halogens is 1. The molecule has 0 radical (unpaired) electrons. The highest BCUT2D eigenvalue weighted by Crippen LogP contribution is 2.49. The van der Waals surface area contributed by atoms with Crippen molar-refractivity contribution >= 4 is 38.8 Å². The van der Waals surface area contributed by atoms with Crippen LogP contribution in [0, 0.1) is 10.6 Å². The fraction of sp³-hybridized carbons (Fsp3) is 0.258. The number of nitrogens with one attached hydrogen (secondary N) is 4. The van der Waals surface area contributed by atoms with Crippen LogP contribution < -0.4 is 20.7 Å². The molecule has 1 fully saturated rings. The van der Waals surface area contributed by atoms with E-state index in [0.29, 0.717) is 71.5 Å². The van der Waals surface area contributed by atoms with Crippen molar-refractivity contribution in [1.29, 1.82) is 4.78 Å². The molecule has 0 saturated heterocycles. The maximum Gasteiger partial charge on any atom is 0.235 e. The lowest BCUT2D eigenvalue weighted by molar-refractivity contribution is -0.118. The first-order valence-corrected chi connectivity index (χ1v) is 15.5. The number of hydrogen-bond donors (Lipinski definition) is 4. The lowest BCUT2D eigenvalue weighted by atomic mass is 9.94. The van der Waals surface area contributed by atoms with E-state index >= 15 is 4.39 Å². The van der Waals surface area contributed by atoms with E-state index in [2.05, 4.69) is 25.9 Å². The Morgan fingerprint density at radius 3 is 2.71 bits per heavy atom. The second kappa shape index (κ2) is 11.1. The molecule has 1 aliphatic carbocycles. The Balaban J connectivity index is 1.25. The molecule has 4 bridgehead atoms. The Bertz CT molecular complexity index is 1770. The first-order chi connectivity index (χ1) is 20.3. The molecule has 1 saturated carbocycles. The average molecular weight is 587 g/mol. The zero-order valence-corrected chi connectivity index (χ0v) is 23.9. The molecular weight excluding hydrogens is 555 g/mol. The number of carbonyl (C=O) groups excluding carboxylic acids is 1. The van der Waals surface area contributed by atoms with Crippen LogP contribution in [0.5, 0.6) is 5.75 Å². The number of ether oxygens (including phenoxy) is 1. The smallest absolute Gasteiger partial charge is 0.235 e. The van der Waals surface area contributed by atoms with Gasteiger partial charge in [-0.1, -0.05) is 24.3 Å². The first kappa shape index (κ1) is 27.6. The average Bonchev–Trinajstić information content (AvgIpc) is 3.80. The Labute approximate surface area is 243 Å². The van der Waals surface area contributed by atoms with Crippen LogP contribution in [0.15, 0.2) is 77.8 Å². The zero-order valence-electron chi connectivity index (χ0n) is 23.1. The van der Waals surface area contributed by atoms with Gasteiger partial charge in [-0.05, 0) is 79.3 Å². The van der Waals surface area contributed by atoms with Gasteiger partial charge in [0.15, 0.2) is 0 Å². The van der Waals surface area contributed by atoms with Gasteiger partial charge in [-0.15, -0.1) is 0 Å². The van der Waals surface area contributed by atoms with Crippen LogP contribution in [0.1, 0.15) is 31.2 Å². The van der Waals surface area contributed by atoms with Crippen LogP contribution in [-0.4, -0.2) is 39.5 Å². The van der Waals surface area contributed by atoms with E-state index < -0.39 is 21.0 Å². The van der Waals surface area contributed by atoms with E-state index in [4.69, 9.17) is 9.52 Å². The summed E-state index contributed by atoms with van der Waals surface area (Å²) in [7, 11) is -1.33. The van der Waals surface area contributed by atoms with Gasteiger partial charge in [-0.25, -0.2) is 18.4 Å². The second-order valence-corrected chi connectivity index (χ2v) is 12.8. The summed E-state index contributed by atoms with van der Waals surface area (Å²) >= 11 is 0. The van der Waals surface area contributed by atoms with Crippen LogP contribution in [0.25, 0.3) is 11.1 Å². The van der Waals surface area contributed by atoms with Crippen LogP contribution in [0.4, 0.5) is 27.5 Å². The SMILES string of the molecule is COc1cccc(C2(C(=O)Nc3ccc(-c4cnc5nc4NCCCCS(=N)(=O)c4cccc(c4)N5)cc3F)CC2)c1. The molecule has 2 heterocycles. The summed E-state index contributed by atoms with van der Waals surface area (Å²) in [6, 6.07) is 19.0. The van der Waals surface area contributed by atoms with E-state index in [1.54, 1.807) is 49.7 Å². The number of benzene rings is 3. The lowest BCUT2D eigenvalue weighted by Crippen LogP contribution is -2.28. The molecule has 6 rings (SSSR count). The standard InChI is InChI=1S/C31H31FN6O3S/c1-41-23-8-4-6-21(17-23)31(12-13-31)29(39)37-27-11-10-20(16-26(27)32)25-19-35-30-36-22-7-5-9-24(18-22)42(33,40)15-3-2-14-34-28(25)38-30/h4-11,16-19,33H,2-3,12-15H2,1H3,(H,37,39)(H2,34,35,36,38). The summed E-state index contributed by atoms with van der Waals surface area (Å²) in [5.74, 6) is 0.940. The predicted octanol–water partition coefficient (Wildman–Crippen LogP) is 6.32. The van der Waals surface area contributed by atoms with Gasteiger partial charge in [0, 0.05) is 34.6 Å². The van der Waals surface area contributed by atoms with Crippen molar-refractivity contribution in [2.75, 3.05) is 35.4 Å². The summed E-state index contributed by atoms with van der Waals surface area (Å²) in [6.45, 7) is 0.527. The number of anilines is 4. The first-order valence-electron chi connectivity index (χ1n) is 13.8. The molecule has 11 heteroatoms. The van der Waals surface area contributed by atoms with E-state index in [1.165, 1.54) is 6.07 Å². The third-order valence-electron chi connectivity index (χ3n) is 7.75. The maximum absolute atomic E-state index is 15.4. The summed E-state index contributed by atoms with van der Waals surface area (Å²) in [6.07, 6.45) is 4.25. The van der Waals surface area contributed by atoms with Crippen molar-refractivity contribution in [2.24, 2.45) is 0 Å². The summed E-state index contributed by atoms with van der Waals surface area (Å²) in [5.41, 5.74) is 2.03. The minimum atomic E-state index is -2.91. The van der Waals surface area contributed by atoms with Gasteiger partial charge in [0.1, 0.15) is 17.4 Å². The highest BCUT2D eigenvalue weighted by Gasteiger charge is 2.51. The Hall–Kier alpha value is -4.51. The van der Waals surface area contributed by atoms with Crippen LogP contribution in [0.2, 0.25) is 0 Å². The molecule has 1 amide bonds. The van der Waals surface area contributed by atoms with Gasteiger partial charge < -0.3 is 20.7 Å². The molecule has 2 aliphatic rings. The fourth-order valence-electron chi connectivity index (χ4n) is 5.17. The highest BCUT2D eigenvalue weighted by atomic mass is 32.2. The molecule has 1 aromatic heterocycles. The topological polar surface area (TPSA) is 129 Å². The van der Waals surface area contributed by atoms with Gasteiger partial charge in [0.2, 0.25) is 11.9 Å². The number of aromatic nitrogens is 2. The number of hydrogen-bond acceptors (Lipinski definition) is 8. The van der Waals surface area contributed by atoms with Crippen molar-refractivity contribution in [3.8, 4) is 16.9 Å². The fourth-order valence-corrected chi connectivity index (χ4v) is 6.63. The molecule has 216 valence electrons. The minimum absolute atomic E-state index is 0.101. The van der Waals surface area contributed by atoms with Crippen LogP contribution in [-0.2, 0) is 19.9 Å². The van der Waals surface area contributed by atoms with Crippen LogP contribution >= 0.6 is 0 Å². The van der Waals surface area contributed by atoms with Crippen molar-refractivity contribution in [2.45, 2.75) is 36.0 Å². The number of methoxy groups -OCH3 is 1. The van der Waals surface area contributed by atoms with Gasteiger partial charge >= 0.3 is 0 Å². The number of fused-ring (bicyclic) bond motifs is 4. The zero-order chi connectivity index (χ0) is 29.3. The van der Waals surface area contributed by atoms with Crippen LogP contribution in [0.3, 0.4) is 0 Å². The molecule has 0 spiro atoms. The van der Waals surface area contributed by atoms with Crippen molar-refractivity contribution < 1.29 is 18.1 Å². The quantitative estimate of drug-likeness (QED) is 0.215. The molecule has 1 atom stereocenters. The molecule has 1 unspecified atom stereocenters. The Morgan fingerprint density at radius 1 is 1.10 bits per heavy atom. The maximum atomic E-state index is 15.4. The van der Waals surface area contributed by atoms with Crippen molar-refractivity contribution in [3.05, 3.63) is 84.3 Å². The van der Waals surface area contributed by atoms with E-state index in [1.807, 2.05) is 24.3 Å². The molecule has 4 aromatic rings. The predicted molar refractivity (Wildman–Crippen MR) is 161 cm³/mol. The van der Waals surface area contributed by atoms with E-state index in [9.17, 15) is 9.00 Å². The third-order valence-corrected chi connectivity index (χ3v) is 9.62. The summed E-state index contributed by atoms with van der Waals surface area (Å²) in [5, 5.41) is 9.21. The largest absolute Gasteiger partial charge is 0.497 e. The van der Waals surface area contributed by atoms with Gasteiger partial charge in [-0.2, -0.15) is 4.98 Å². The van der Waals surface area contributed by atoms with Gasteiger partial charge in [0.05, 0.1) is 27.9 Å². The van der Waals surface area contributed by atoms with Gasteiger partial charge in [0.25, 0.3) is 0 Å². The lowest BCUT2D eigenvalue weighted by Gasteiger charge is -2.17. The highest BCUT2D eigenvalue weighted by molar-refractivity contribution is 7.92. The number of nitrogens with zero attached hydrogens (tertiary/aromatic N) is 2. The minimum Gasteiger partial charge on any atom is -0.497 e. The molecule has 42 heavy (non-hydrogen) atoms. The van der Waals surface area contributed by atoms with Gasteiger partial charge in [-0.3, -0.25) is 4.79 Å². The van der Waals surface area contributed by atoms with E-state index in [0.717, 1.165) is 5.56 Å². The molecule has 3 aromatic carbocycles. The summed E-state index contributed by atoms with van der Waals surface area (Å²) < 4.78 is 42.0. The monoisotopic (exact) mass is 586 g/mol. The summed E-state index contributed by atoms with van der Waals surface area (Å²) in [4.78, 5) is 22.8. The number of rotatable bonds is 5. The number of carbonyl (C=O) groups is 1. The van der Waals surface area contributed by atoms with Crippen molar-refractivity contribution in [3.63, 3.8) is 0 Å². The normalized spacial score (nSPS) is 19.1. The van der Waals surface area contributed by atoms with Crippen molar-refractivity contribution in [1.82, 2.24) is 9.97 Å². The van der Waals surface area contributed by atoms with E-state index in [-0.39, 0.29) is 17.3 Å². The molecule has 9 nitrogen and oxygen atoms in total.